The largest absolute Gasteiger partial charge is 0.322 e. The Balaban J connectivity index is 1.82. The molecule has 0 aliphatic rings. The monoisotopic (exact) mass is 320 g/mol. The van der Waals surface area contributed by atoms with Crippen LogP contribution in [0.4, 0.5) is 5.69 Å². The molecule has 23 heavy (non-hydrogen) atoms. The molecule has 0 aliphatic heterocycles. The van der Waals surface area contributed by atoms with Crippen LogP contribution in [0.15, 0.2) is 82.8 Å². The molecule has 3 aromatic rings. The van der Waals surface area contributed by atoms with Crippen molar-refractivity contribution in [3.63, 3.8) is 0 Å². The molecule has 0 atom stereocenters. The Labute approximate surface area is 139 Å². The van der Waals surface area contributed by atoms with Gasteiger partial charge in [0, 0.05) is 16.8 Å². The van der Waals surface area contributed by atoms with E-state index in [4.69, 9.17) is 0 Å². The number of rotatable bonds is 4. The van der Waals surface area contributed by atoms with Crippen molar-refractivity contribution in [3.05, 3.63) is 84.1 Å². The second kappa shape index (κ2) is 7.11. The maximum Gasteiger partial charge on any atom is 0.258 e. The molecule has 114 valence electrons. The quantitative estimate of drug-likeness (QED) is 0.751. The predicted octanol–water partition coefficient (Wildman–Crippen LogP) is 4.79. The van der Waals surface area contributed by atoms with Crippen molar-refractivity contribution in [2.45, 2.75) is 16.8 Å². The average molecular weight is 320 g/mol. The lowest BCUT2D eigenvalue weighted by Gasteiger charge is -2.09. The van der Waals surface area contributed by atoms with Crippen molar-refractivity contribution >= 4 is 23.4 Å². The number of carbonyl (C=O) groups excluding carboxylic acids is 1. The maximum atomic E-state index is 12.5. The number of pyridine rings is 1. The topological polar surface area (TPSA) is 42.0 Å². The third-order valence-corrected chi connectivity index (χ3v) is 4.31. The van der Waals surface area contributed by atoms with Gasteiger partial charge in [0.15, 0.2) is 0 Å². The molecular weight excluding hydrogens is 304 g/mol. The summed E-state index contributed by atoms with van der Waals surface area (Å²) in [5.74, 6) is -0.152. The molecule has 0 fully saturated rings. The minimum Gasteiger partial charge on any atom is -0.322 e. The highest BCUT2D eigenvalue weighted by atomic mass is 32.2. The number of nitrogens with one attached hydrogen (secondary N) is 1. The van der Waals surface area contributed by atoms with Crippen molar-refractivity contribution in [1.82, 2.24) is 4.98 Å². The standard InChI is InChI=1S/C19H16N2OS/c1-14-9-11-15(12-10-14)21-18(22)17-8-5-13-20-19(17)23-16-6-3-2-4-7-16/h2-13H,1H3,(H,21,22). The summed E-state index contributed by atoms with van der Waals surface area (Å²) in [6.45, 7) is 2.02. The van der Waals surface area contributed by atoms with Crippen LogP contribution < -0.4 is 5.32 Å². The molecule has 1 N–H and O–H groups in total. The third-order valence-electron chi connectivity index (χ3n) is 3.28. The summed E-state index contributed by atoms with van der Waals surface area (Å²) in [5, 5.41) is 3.62. The number of amides is 1. The summed E-state index contributed by atoms with van der Waals surface area (Å²) in [4.78, 5) is 17.9. The van der Waals surface area contributed by atoms with Gasteiger partial charge >= 0.3 is 0 Å². The van der Waals surface area contributed by atoms with E-state index in [9.17, 15) is 4.79 Å². The van der Waals surface area contributed by atoms with E-state index in [1.807, 2.05) is 61.5 Å². The fourth-order valence-electron chi connectivity index (χ4n) is 2.08. The molecular formula is C19H16N2OS. The summed E-state index contributed by atoms with van der Waals surface area (Å²) in [6.07, 6.45) is 1.70. The van der Waals surface area contributed by atoms with Gasteiger partial charge in [-0.25, -0.2) is 4.98 Å². The van der Waals surface area contributed by atoms with Gasteiger partial charge in [-0.3, -0.25) is 4.79 Å². The number of hydrogen-bond donors (Lipinski definition) is 1. The van der Waals surface area contributed by atoms with Crippen LogP contribution in [0, 0.1) is 6.92 Å². The number of nitrogens with zero attached hydrogens (tertiary/aromatic N) is 1. The van der Waals surface area contributed by atoms with Crippen LogP contribution in [0.5, 0.6) is 0 Å². The van der Waals surface area contributed by atoms with E-state index in [2.05, 4.69) is 10.3 Å². The van der Waals surface area contributed by atoms with E-state index in [0.29, 0.717) is 10.6 Å². The van der Waals surface area contributed by atoms with Crippen LogP contribution in [-0.4, -0.2) is 10.9 Å². The maximum absolute atomic E-state index is 12.5. The molecule has 0 spiro atoms. The Morgan fingerprint density at radius 3 is 2.43 bits per heavy atom. The second-order valence-corrected chi connectivity index (χ2v) is 6.15. The molecule has 0 saturated carbocycles. The van der Waals surface area contributed by atoms with Crippen molar-refractivity contribution in [1.29, 1.82) is 0 Å². The molecule has 0 aliphatic carbocycles. The third kappa shape index (κ3) is 3.99. The van der Waals surface area contributed by atoms with Crippen LogP contribution in [0.1, 0.15) is 15.9 Å². The van der Waals surface area contributed by atoms with E-state index >= 15 is 0 Å². The summed E-state index contributed by atoms with van der Waals surface area (Å²) < 4.78 is 0. The molecule has 3 nitrogen and oxygen atoms in total. The lowest BCUT2D eigenvalue weighted by molar-refractivity contribution is 0.102. The zero-order chi connectivity index (χ0) is 16.1. The Morgan fingerprint density at radius 2 is 1.70 bits per heavy atom. The molecule has 0 saturated heterocycles. The molecule has 0 bridgehead atoms. The number of aromatic nitrogens is 1. The van der Waals surface area contributed by atoms with E-state index in [1.54, 1.807) is 18.3 Å². The number of hydrogen-bond acceptors (Lipinski definition) is 3. The number of carbonyl (C=O) groups is 1. The van der Waals surface area contributed by atoms with E-state index in [0.717, 1.165) is 16.1 Å². The van der Waals surface area contributed by atoms with Crippen LogP contribution >= 0.6 is 11.8 Å². The zero-order valence-corrected chi connectivity index (χ0v) is 13.5. The number of anilines is 1. The molecule has 1 heterocycles. The predicted molar refractivity (Wildman–Crippen MR) is 93.9 cm³/mol. The van der Waals surface area contributed by atoms with Gasteiger partial charge in [0.1, 0.15) is 5.03 Å². The van der Waals surface area contributed by atoms with Gasteiger partial charge in [0.25, 0.3) is 5.91 Å². The van der Waals surface area contributed by atoms with Gasteiger partial charge in [-0.1, -0.05) is 47.7 Å². The molecule has 0 radical (unpaired) electrons. The van der Waals surface area contributed by atoms with Crippen molar-refractivity contribution < 1.29 is 4.79 Å². The van der Waals surface area contributed by atoms with Crippen molar-refractivity contribution in [2.24, 2.45) is 0 Å². The zero-order valence-electron chi connectivity index (χ0n) is 12.7. The first kappa shape index (κ1) is 15.3. The summed E-state index contributed by atoms with van der Waals surface area (Å²) in [5.41, 5.74) is 2.51. The van der Waals surface area contributed by atoms with Gasteiger partial charge in [-0.2, -0.15) is 0 Å². The summed E-state index contributed by atoms with van der Waals surface area (Å²) in [6, 6.07) is 21.2. The Morgan fingerprint density at radius 1 is 0.957 bits per heavy atom. The van der Waals surface area contributed by atoms with Gasteiger partial charge in [-0.05, 0) is 43.3 Å². The molecule has 3 rings (SSSR count). The number of aryl methyl sites for hydroxylation is 1. The van der Waals surface area contributed by atoms with Crippen molar-refractivity contribution in [3.8, 4) is 0 Å². The van der Waals surface area contributed by atoms with Crippen LogP contribution in [0.2, 0.25) is 0 Å². The molecule has 1 amide bonds. The molecule has 0 unspecified atom stereocenters. The molecule has 1 aromatic heterocycles. The normalized spacial score (nSPS) is 10.3. The first-order valence-corrected chi connectivity index (χ1v) is 8.10. The fraction of sp³-hybridized carbons (Fsp3) is 0.0526. The van der Waals surface area contributed by atoms with Crippen LogP contribution in [0.3, 0.4) is 0 Å². The van der Waals surface area contributed by atoms with Gasteiger partial charge in [0.05, 0.1) is 5.56 Å². The Hall–Kier alpha value is -2.59. The summed E-state index contributed by atoms with van der Waals surface area (Å²) in [7, 11) is 0. The van der Waals surface area contributed by atoms with E-state index in [-0.39, 0.29) is 5.91 Å². The highest BCUT2D eigenvalue weighted by molar-refractivity contribution is 7.99. The first-order chi connectivity index (χ1) is 11.2. The van der Waals surface area contributed by atoms with Crippen LogP contribution in [-0.2, 0) is 0 Å². The van der Waals surface area contributed by atoms with Gasteiger partial charge in [0.2, 0.25) is 0 Å². The van der Waals surface area contributed by atoms with E-state index in [1.165, 1.54) is 11.8 Å². The Bertz CT molecular complexity index is 801. The van der Waals surface area contributed by atoms with Crippen molar-refractivity contribution in [2.75, 3.05) is 5.32 Å². The minimum absolute atomic E-state index is 0.152. The fourth-order valence-corrected chi connectivity index (χ4v) is 2.98. The lowest BCUT2D eigenvalue weighted by atomic mass is 10.2. The SMILES string of the molecule is Cc1ccc(NC(=O)c2cccnc2Sc2ccccc2)cc1. The van der Waals surface area contributed by atoms with Crippen LogP contribution in [0.25, 0.3) is 0 Å². The minimum atomic E-state index is -0.152. The highest BCUT2D eigenvalue weighted by Gasteiger charge is 2.13. The van der Waals surface area contributed by atoms with Gasteiger partial charge in [-0.15, -0.1) is 0 Å². The molecule has 4 heteroatoms. The van der Waals surface area contributed by atoms with E-state index < -0.39 is 0 Å². The first-order valence-electron chi connectivity index (χ1n) is 7.28. The molecule has 2 aromatic carbocycles. The van der Waals surface area contributed by atoms with Gasteiger partial charge < -0.3 is 5.32 Å². The number of benzene rings is 2. The average Bonchev–Trinajstić information content (AvgIpc) is 2.58. The lowest BCUT2D eigenvalue weighted by Crippen LogP contribution is -2.13. The highest BCUT2D eigenvalue weighted by Crippen LogP contribution is 2.28. The smallest absolute Gasteiger partial charge is 0.258 e. The second-order valence-electron chi connectivity index (χ2n) is 5.09. The Kier molecular flexibility index (Phi) is 4.74. The summed E-state index contributed by atoms with van der Waals surface area (Å²) >= 11 is 1.48.